The number of carbonyl (C=O) groups is 1. The molecule has 3 rings (SSSR count). The van der Waals surface area contributed by atoms with E-state index in [0.717, 1.165) is 18.8 Å². The standard InChI is InChI=1S/C16H19N3O2/c1-10-6-4-5-7-12(10)13-8-9-17-15-14(16(20)21-3)11(2)18-19(13)15/h4-7,13,17H,8-9H2,1-3H3. The third-order valence-electron chi connectivity index (χ3n) is 4.03. The molecule has 2 heterocycles. The molecule has 0 aliphatic carbocycles. The monoisotopic (exact) mass is 285 g/mol. The molecular formula is C16H19N3O2. The number of ether oxygens (including phenoxy) is 1. The van der Waals surface area contributed by atoms with Crippen LogP contribution < -0.4 is 5.32 Å². The maximum absolute atomic E-state index is 12.0. The highest BCUT2D eigenvalue weighted by molar-refractivity contribution is 5.96. The third-order valence-corrected chi connectivity index (χ3v) is 4.03. The highest BCUT2D eigenvalue weighted by Gasteiger charge is 2.30. The first-order valence-electron chi connectivity index (χ1n) is 7.10. The molecule has 1 unspecified atom stereocenters. The number of nitrogens with zero attached hydrogens (tertiary/aromatic N) is 2. The molecule has 0 fully saturated rings. The molecule has 110 valence electrons. The molecule has 0 bridgehead atoms. The smallest absolute Gasteiger partial charge is 0.343 e. The van der Waals surface area contributed by atoms with Crippen LogP contribution in [-0.2, 0) is 4.74 Å². The van der Waals surface area contributed by atoms with E-state index >= 15 is 0 Å². The Kier molecular flexibility index (Phi) is 3.41. The summed E-state index contributed by atoms with van der Waals surface area (Å²) >= 11 is 0. The highest BCUT2D eigenvalue weighted by Crippen LogP contribution is 2.34. The number of esters is 1. The van der Waals surface area contributed by atoms with Crippen molar-refractivity contribution in [3.05, 3.63) is 46.6 Å². The van der Waals surface area contributed by atoms with Crippen molar-refractivity contribution in [2.24, 2.45) is 0 Å². The maximum Gasteiger partial charge on any atom is 0.343 e. The Labute approximate surface area is 123 Å². The van der Waals surface area contributed by atoms with E-state index in [4.69, 9.17) is 4.74 Å². The van der Waals surface area contributed by atoms with Gasteiger partial charge in [0.25, 0.3) is 0 Å². The number of rotatable bonds is 2. The Balaban J connectivity index is 2.12. The van der Waals surface area contributed by atoms with E-state index in [1.54, 1.807) is 0 Å². The van der Waals surface area contributed by atoms with E-state index in [1.807, 2.05) is 23.7 Å². The van der Waals surface area contributed by atoms with Gasteiger partial charge in [0, 0.05) is 6.54 Å². The Bertz CT molecular complexity index is 691. The summed E-state index contributed by atoms with van der Waals surface area (Å²) in [7, 11) is 1.40. The lowest BCUT2D eigenvalue weighted by molar-refractivity contribution is 0.0601. The van der Waals surface area contributed by atoms with Gasteiger partial charge in [-0.25, -0.2) is 9.48 Å². The van der Waals surface area contributed by atoms with Crippen molar-refractivity contribution >= 4 is 11.8 Å². The van der Waals surface area contributed by atoms with Crippen LogP contribution in [0.4, 0.5) is 5.82 Å². The van der Waals surface area contributed by atoms with Crippen LogP contribution in [0.15, 0.2) is 24.3 Å². The number of nitrogens with one attached hydrogen (secondary N) is 1. The minimum atomic E-state index is -0.341. The van der Waals surface area contributed by atoms with Crippen LogP contribution >= 0.6 is 0 Å². The maximum atomic E-state index is 12.0. The molecule has 0 radical (unpaired) electrons. The molecule has 1 atom stereocenters. The zero-order valence-electron chi connectivity index (χ0n) is 12.5. The molecule has 2 aromatic rings. The van der Waals surface area contributed by atoms with Gasteiger partial charge in [0.1, 0.15) is 11.4 Å². The first-order chi connectivity index (χ1) is 10.1. The molecule has 1 aromatic carbocycles. The van der Waals surface area contributed by atoms with Crippen molar-refractivity contribution in [1.82, 2.24) is 9.78 Å². The van der Waals surface area contributed by atoms with E-state index in [-0.39, 0.29) is 12.0 Å². The summed E-state index contributed by atoms with van der Waals surface area (Å²) in [5.41, 5.74) is 3.72. The molecule has 1 aromatic heterocycles. The van der Waals surface area contributed by atoms with Gasteiger partial charge in [-0.2, -0.15) is 5.10 Å². The van der Waals surface area contributed by atoms with Crippen molar-refractivity contribution in [3.63, 3.8) is 0 Å². The van der Waals surface area contributed by atoms with E-state index in [1.165, 1.54) is 18.2 Å². The summed E-state index contributed by atoms with van der Waals surface area (Å²) in [4.78, 5) is 12.0. The predicted molar refractivity (Wildman–Crippen MR) is 80.7 cm³/mol. The van der Waals surface area contributed by atoms with E-state index in [0.29, 0.717) is 11.3 Å². The van der Waals surface area contributed by atoms with Gasteiger partial charge >= 0.3 is 5.97 Å². The Hall–Kier alpha value is -2.30. The van der Waals surface area contributed by atoms with Crippen molar-refractivity contribution in [2.45, 2.75) is 26.3 Å². The summed E-state index contributed by atoms with van der Waals surface area (Å²) in [5.74, 6) is 0.422. The number of anilines is 1. The van der Waals surface area contributed by atoms with Gasteiger partial charge in [-0.1, -0.05) is 24.3 Å². The molecular weight excluding hydrogens is 266 g/mol. The predicted octanol–water partition coefficient (Wildman–Crippen LogP) is 2.69. The number of fused-ring (bicyclic) bond motifs is 1. The van der Waals surface area contributed by atoms with Gasteiger partial charge in [0.05, 0.1) is 18.8 Å². The topological polar surface area (TPSA) is 56.1 Å². The Morgan fingerprint density at radius 3 is 2.86 bits per heavy atom. The average Bonchev–Trinajstić information content (AvgIpc) is 2.83. The summed E-state index contributed by atoms with van der Waals surface area (Å²) in [6, 6.07) is 8.47. The number of hydrogen-bond acceptors (Lipinski definition) is 4. The molecule has 1 aliphatic rings. The summed E-state index contributed by atoms with van der Waals surface area (Å²) in [6.45, 7) is 4.76. The fourth-order valence-electron chi connectivity index (χ4n) is 2.99. The fraction of sp³-hybridized carbons (Fsp3) is 0.375. The zero-order chi connectivity index (χ0) is 15.0. The van der Waals surface area contributed by atoms with E-state index < -0.39 is 0 Å². The zero-order valence-corrected chi connectivity index (χ0v) is 12.5. The van der Waals surface area contributed by atoms with Gasteiger partial charge in [-0.3, -0.25) is 0 Å². The second-order valence-electron chi connectivity index (χ2n) is 5.33. The lowest BCUT2D eigenvalue weighted by Crippen LogP contribution is -2.25. The van der Waals surface area contributed by atoms with Crippen LogP contribution in [0.25, 0.3) is 0 Å². The summed E-state index contributed by atoms with van der Waals surface area (Å²) in [5, 5.41) is 7.86. The van der Waals surface area contributed by atoms with Crippen molar-refractivity contribution in [2.75, 3.05) is 19.0 Å². The van der Waals surface area contributed by atoms with Crippen LogP contribution in [0.1, 0.15) is 39.6 Å². The van der Waals surface area contributed by atoms with Crippen molar-refractivity contribution in [1.29, 1.82) is 0 Å². The van der Waals surface area contributed by atoms with E-state index in [2.05, 4.69) is 29.5 Å². The fourth-order valence-corrected chi connectivity index (χ4v) is 2.99. The number of aryl methyl sites for hydroxylation is 2. The van der Waals surface area contributed by atoms with Gasteiger partial charge in [0.15, 0.2) is 0 Å². The normalized spacial score (nSPS) is 17.0. The highest BCUT2D eigenvalue weighted by atomic mass is 16.5. The molecule has 0 saturated carbocycles. The largest absolute Gasteiger partial charge is 0.465 e. The quantitative estimate of drug-likeness (QED) is 0.862. The van der Waals surface area contributed by atoms with Gasteiger partial charge in [-0.15, -0.1) is 0 Å². The SMILES string of the molecule is COC(=O)c1c(C)nn2c1NCCC2c1ccccc1C. The molecule has 5 heteroatoms. The van der Waals surface area contributed by atoms with Crippen LogP contribution in [0.3, 0.4) is 0 Å². The number of aromatic nitrogens is 2. The number of carbonyl (C=O) groups excluding carboxylic acids is 1. The minimum Gasteiger partial charge on any atom is -0.465 e. The lowest BCUT2D eigenvalue weighted by Gasteiger charge is -2.27. The van der Waals surface area contributed by atoms with Gasteiger partial charge < -0.3 is 10.1 Å². The van der Waals surface area contributed by atoms with Crippen molar-refractivity contribution in [3.8, 4) is 0 Å². The van der Waals surface area contributed by atoms with Crippen molar-refractivity contribution < 1.29 is 9.53 Å². The molecule has 0 spiro atoms. The van der Waals surface area contributed by atoms with E-state index in [9.17, 15) is 4.79 Å². The first-order valence-corrected chi connectivity index (χ1v) is 7.10. The molecule has 5 nitrogen and oxygen atoms in total. The van der Waals surface area contributed by atoms with Gasteiger partial charge in [0.2, 0.25) is 0 Å². The number of hydrogen-bond donors (Lipinski definition) is 1. The number of benzene rings is 1. The van der Waals surface area contributed by atoms with Crippen LogP contribution in [-0.4, -0.2) is 29.4 Å². The van der Waals surface area contributed by atoms with Crippen LogP contribution in [0.2, 0.25) is 0 Å². The first kappa shape index (κ1) is 13.7. The summed E-state index contributed by atoms with van der Waals surface area (Å²) in [6.07, 6.45) is 0.944. The molecule has 0 saturated heterocycles. The number of methoxy groups -OCH3 is 1. The molecule has 1 N–H and O–H groups in total. The Morgan fingerprint density at radius 2 is 2.14 bits per heavy atom. The van der Waals surface area contributed by atoms with Crippen LogP contribution in [0.5, 0.6) is 0 Å². The second-order valence-corrected chi connectivity index (χ2v) is 5.33. The molecule has 1 aliphatic heterocycles. The second kappa shape index (κ2) is 5.24. The Morgan fingerprint density at radius 1 is 1.38 bits per heavy atom. The minimum absolute atomic E-state index is 0.152. The van der Waals surface area contributed by atoms with Gasteiger partial charge in [-0.05, 0) is 31.4 Å². The average molecular weight is 285 g/mol. The third kappa shape index (κ3) is 2.18. The molecule has 0 amide bonds. The summed E-state index contributed by atoms with van der Waals surface area (Å²) < 4.78 is 6.80. The molecule has 21 heavy (non-hydrogen) atoms. The lowest BCUT2D eigenvalue weighted by atomic mass is 9.97. The van der Waals surface area contributed by atoms with Crippen LogP contribution in [0, 0.1) is 13.8 Å².